The van der Waals surface area contributed by atoms with Gasteiger partial charge in [-0.1, -0.05) is 0 Å². The Morgan fingerprint density at radius 3 is 2.74 bits per heavy atom. The van der Waals surface area contributed by atoms with E-state index in [-0.39, 0.29) is 6.10 Å². The van der Waals surface area contributed by atoms with Gasteiger partial charge in [-0.3, -0.25) is 9.67 Å². The molecule has 124 valence electrons. The number of sulfonamides is 1. The van der Waals surface area contributed by atoms with Crippen LogP contribution in [0.2, 0.25) is 0 Å². The van der Waals surface area contributed by atoms with E-state index in [0.29, 0.717) is 41.5 Å². The standard InChI is InChI=1S/C15H20N4O3S/c1-11-15(12(2)18(3)17-11)23(20,21)19-8-6-14(10-19)22-13-5-4-7-16-9-13/h4-5,7,9,14H,6,8,10H2,1-3H3/t14-/m1/s1. The second-order valence-corrected chi connectivity index (χ2v) is 7.58. The molecule has 3 heterocycles. The Labute approximate surface area is 135 Å². The predicted octanol–water partition coefficient (Wildman–Crippen LogP) is 1.27. The minimum atomic E-state index is -3.55. The van der Waals surface area contributed by atoms with Crippen LogP contribution >= 0.6 is 0 Å². The fourth-order valence-electron chi connectivity index (χ4n) is 2.88. The first kappa shape index (κ1) is 15.9. The van der Waals surface area contributed by atoms with Crippen LogP contribution in [0.3, 0.4) is 0 Å². The SMILES string of the molecule is Cc1nn(C)c(C)c1S(=O)(=O)N1CC[C@@H](Oc2cccnc2)C1. The van der Waals surface area contributed by atoms with E-state index in [1.807, 2.05) is 6.07 Å². The lowest BCUT2D eigenvalue weighted by molar-refractivity contribution is 0.214. The number of rotatable bonds is 4. The summed E-state index contributed by atoms with van der Waals surface area (Å²) < 4.78 is 34.7. The molecule has 1 aliphatic rings. The van der Waals surface area contributed by atoms with Crippen LogP contribution in [-0.2, 0) is 17.1 Å². The fourth-order valence-corrected chi connectivity index (χ4v) is 4.76. The molecule has 1 saturated heterocycles. The molecular weight excluding hydrogens is 316 g/mol. The lowest BCUT2D eigenvalue weighted by Gasteiger charge is -2.17. The van der Waals surface area contributed by atoms with Crippen molar-refractivity contribution in [1.82, 2.24) is 19.1 Å². The van der Waals surface area contributed by atoms with Gasteiger partial charge in [0.2, 0.25) is 10.0 Å². The van der Waals surface area contributed by atoms with Crippen LogP contribution in [0.1, 0.15) is 17.8 Å². The van der Waals surface area contributed by atoms with Crippen molar-refractivity contribution in [2.24, 2.45) is 7.05 Å². The highest BCUT2D eigenvalue weighted by Crippen LogP contribution is 2.27. The molecule has 0 aromatic carbocycles. The monoisotopic (exact) mass is 336 g/mol. The van der Waals surface area contributed by atoms with Crippen LogP contribution in [0, 0.1) is 13.8 Å². The van der Waals surface area contributed by atoms with Crippen molar-refractivity contribution >= 4 is 10.0 Å². The summed E-state index contributed by atoms with van der Waals surface area (Å²) >= 11 is 0. The molecule has 8 heteroatoms. The molecule has 1 fully saturated rings. The summed E-state index contributed by atoms with van der Waals surface area (Å²) in [5, 5.41) is 4.21. The minimum absolute atomic E-state index is 0.161. The zero-order chi connectivity index (χ0) is 16.6. The number of aromatic nitrogens is 3. The summed E-state index contributed by atoms with van der Waals surface area (Å²) in [7, 11) is -1.80. The van der Waals surface area contributed by atoms with Crippen molar-refractivity contribution in [3.63, 3.8) is 0 Å². The van der Waals surface area contributed by atoms with E-state index >= 15 is 0 Å². The number of pyridine rings is 1. The Morgan fingerprint density at radius 1 is 1.35 bits per heavy atom. The summed E-state index contributed by atoms with van der Waals surface area (Å²) in [6.45, 7) is 4.28. The van der Waals surface area contributed by atoms with Crippen molar-refractivity contribution in [3.8, 4) is 5.75 Å². The molecule has 2 aromatic heterocycles. The third kappa shape index (κ3) is 2.96. The number of hydrogen-bond donors (Lipinski definition) is 0. The van der Waals surface area contributed by atoms with E-state index in [1.165, 1.54) is 4.31 Å². The molecule has 0 bridgehead atoms. The van der Waals surface area contributed by atoms with Crippen LogP contribution in [0.4, 0.5) is 0 Å². The van der Waals surface area contributed by atoms with Crippen molar-refractivity contribution < 1.29 is 13.2 Å². The normalized spacial score (nSPS) is 19.2. The number of aryl methyl sites for hydroxylation is 2. The molecule has 0 saturated carbocycles. The van der Waals surface area contributed by atoms with Gasteiger partial charge < -0.3 is 4.74 Å². The van der Waals surface area contributed by atoms with Gasteiger partial charge in [-0.15, -0.1) is 0 Å². The zero-order valence-electron chi connectivity index (χ0n) is 13.4. The lowest BCUT2D eigenvalue weighted by atomic mass is 10.3. The van der Waals surface area contributed by atoms with Gasteiger partial charge in [0.15, 0.2) is 0 Å². The molecular formula is C15H20N4O3S. The Kier molecular flexibility index (Phi) is 4.11. The average Bonchev–Trinajstić information content (AvgIpc) is 3.06. The molecule has 0 radical (unpaired) electrons. The molecule has 3 rings (SSSR count). The van der Waals surface area contributed by atoms with Gasteiger partial charge in [-0.2, -0.15) is 9.40 Å². The van der Waals surface area contributed by atoms with E-state index < -0.39 is 10.0 Å². The Hall–Kier alpha value is -1.93. The van der Waals surface area contributed by atoms with Crippen LogP contribution < -0.4 is 4.74 Å². The van der Waals surface area contributed by atoms with E-state index in [4.69, 9.17) is 4.74 Å². The van der Waals surface area contributed by atoms with Gasteiger partial charge in [0.05, 0.1) is 24.1 Å². The van der Waals surface area contributed by atoms with Crippen molar-refractivity contribution in [2.45, 2.75) is 31.3 Å². The van der Waals surface area contributed by atoms with Gasteiger partial charge in [-0.25, -0.2) is 8.42 Å². The zero-order valence-corrected chi connectivity index (χ0v) is 14.2. The first-order chi connectivity index (χ1) is 10.9. The summed E-state index contributed by atoms with van der Waals surface area (Å²) in [5.41, 5.74) is 1.18. The highest BCUT2D eigenvalue weighted by Gasteiger charge is 2.36. The number of hydrogen-bond acceptors (Lipinski definition) is 5. The predicted molar refractivity (Wildman–Crippen MR) is 84.7 cm³/mol. The summed E-state index contributed by atoms with van der Waals surface area (Å²) in [5.74, 6) is 0.658. The van der Waals surface area contributed by atoms with Gasteiger partial charge in [0.25, 0.3) is 0 Å². The van der Waals surface area contributed by atoms with Gasteiger partial charge >= 0.3 is 0 Å². The molecule has 0 N–H and O–H groups in total. The summed E-state index contributed by atoms with van der Waals surface area (Å²) in [4.78, 5) is 4.31. The molecule has 0 unspecified atom stereocenters. The third-order valence-corrected chi connectivity index (χ3v) is 6.20. The molecule has 23 heavy (non-hydrogen) atoms. The Bertz CT molecular complexity index is 802. The highest BCUT2D eigenvalue weighted by atomic mass is 32.2. The quantitative estimate of drug-likeness (QED) is 0.840. The van der Waals surface area contributed by atoms with Crippen molar-refractivity contribution in [1.29, 1.82) is 0 Å². The Balaban J connectivity index is 1.78. The highest BCUT2D eigenvalue weighted by molar-refractivity contribution is 7.89. The fraction of sp³-hybridized carbons (Fsp3) is 0.467. The molecule has 0 spiro atoms. The smallest absolute Gasteiger partial charge is 0.246 e. The lowest BCUT2D eigenvalue weighted by Crippen LogP contribution is -2.31. The van der Waals surface area contributed by atoms with Crippen LogP contribution in [0.5, 0.6) is 5.75 Å². The Morgan fingerprint density at radius 2 is 2.13 bits per heavy atom. The van der Waals surface area contributed by atoms with Crippen LogP contribution in [-0.4, -0.2) is 46.7 Å². The summed E-state index contributed by atoms with van der Waals surface area (Å²) in [6, 6.07) is 3.61. The van der Waals surface area contributed by atoms with Crippen LogP contribution in [0.15, 0.2) is 29.4 Å². The maximum absolute atomic E-state index is 12.9. The molecule has 7 nitrogen and oxygen atoms in total. The average molecular weight is 336 g/mol. The van der Waals surface area contributed by atoms with Gasteiger partial charge in [0, 0.05) is 19.8 Å². The maximum Gasteiger partial charge on any atom is 0.246 e. The van der Waals surface area contributed by atoms with Crippen molar-refractivity contribution in [3.05, 3.63) is 35.9 Å². The minimum Gasteiger partial charge on any atom is -0.487 e. The number of ether oxygens (including phenoxy) is 1. The van der Waals surface area contributed by atoms with Gasteiger partial charge in [-0.05, 0) is 32.4 Å². The van der Waals surface area contributed by atoms with Gasteiger partial charge in [0.1, 0.15) is 16.7 Å². The summed E-state index contributed by atoms with van der Waals surface area (Å²) in [6.07, 6.45) is 3.80. The van der Waals surface area contributed by atoms with Crippen LogP contribution in [0.25, 0.3) is 0 Å². The van der Waals surface area contributed by atoms with E-state index in [2.05, 4.69) is 10.1 Å². The molecule has 1 aliphatic heterocycles. The number of nitrogens with zero attached hydrogens (tertiary/aromatic N) is 4. The molecule has 0 aliphatic carbocycles. The second-order valence-electron chi connectivity index (χ2n) is 5.70. The molecule has 2 aromatic rings. The topological polar surface area (TPSA) is 77.3 Å². The van der Waals surface area contributed by atoms with E-state index in [9.17, 15) is 8.42 Å². The van der Waals surface area contributed by atoms with Crippen molar-refractivity contribution in [2.75, 3.05) is 13.1 Å². The maximum atomic E-state index is 12.9. The second kappa shape index (κ2) is 5.93. The first-order valence-electron chi connectivity index (χ1n) is 7.46. The first-order valence-corrected chi connectivity index (χ1v) is 8.90. The molecule has 0 amide bonds. The third-order valence-electron chi connectivity index (χ3n) is 4.09. The van der Waals surface area contributed by atoms with E-state index in [1.54, 1.807) is 44.0 Å². The largest absolute Gasteiger partial charge is 0.487 e. The molecule has 1 atom stereocenters. The van der Waals surface area contributed by atoms with E-state index in [0.717, 1.165) is 0 Å².